The summed E-state index contributed by atoms with van der Waals surface area (Å²) in [5, 5.41) is 6.25. The zero-order valence-electron chi connectivity index (χ0n) is 18.0. The van der Waals surface area contributed by atoms with Crippen LogP contribution in [-0.2, 0) is 9.53 Å². The first-order valence-electron chi connectivity index (χ1n) is 10.6. The average molecular weight is 425 g/mol. The lowest BCUT2D eigenvalue weighted by atomic mass is 9.96. The first-order valence-corrected chi connectivity index (χ1v) is 10.6. The van der Waals surface area contributed by atoms with Gasteiger partial charge in [0.2, 0.25) is 0 Å². The fraction of sp³-hybridized carbons (Fsp3) is 0.435. The number of carbonyl (C=O) groups is 1. The van der Waals surface area contributed by atoms with Gasteiger partial charge < -0.3 is 24.7 Å². The van der Waals surface area contributed by atoms with Crippen LogP contribution in [0.1, 0.15) is 43.7 Å². The molecule has 1 atom stereocenters. The number of ether oxygens (including phenoxy) is 1. The smallest absolute Gasteiger partial charge is 0.256 e. The van der Waals surface area contributed by atoms with E-state index < -0.39 is 10.9 Å². The van der Waals surface area contributed by atoms with Crippen molar-refractivity contribution in [3.8, 4) is 0 Å². The molecule has 0 bridgehead atoms. The van der Waals surface area contributed by atoms with E-state index in [1.165, 1.54) is 0 Å². The Morgan fingerprint density at radius 2 is 1.97 bits per heavy atom. The highest BCUT2D eigenvalue weighted by molar-refractivity contribution is 6.02. The van der Waals surface area contributed by atoms with Crippen LogP contribution in [0.5, 0.6) is 0 Å². The SMILES string of the molecule is CCC(Nc1c(NC2=CCCC3=C2C(=O)N(CCOC)C3)c(=O)c1=O)c1ccc(C)o1. The molecule has 1 unspecified atom stereocenters. The molecule has 0 radical (unpaired) electrons. The van der Waals surface area contributed by atoms with Crippen molar-refractivity contribution in [2.75, 3.05) is 37.4 Å². The molecule has 0 saturated carbocycles. The first kappa shape index (κ1) is 21.1. The predicted octanol–water partition coefficient (Wildman–Crippen LogP) is 2.62. The van der Waals surface area contributed by atoms with Crippen LogP contribution in [0, 0.1) is 6.92 Å². The van der Waals surface area contributed by atoms with Crippen LogP contribution in [0.15, 0.2) is 49.1 Å². The predicted molar refractivity (Wildman–Crippen MR) is 118 cm³/mol. The van der Waals surface area contributed by atoms with Crippen LogP contribution < -0.4 is 21.5 Å². The number of hydrogen-bond donors (Lipinski definition) is 2. The maximum absolute atomic E-state index is 12.9. The van der Waals surface area contributed by atoms with Crippen molar-refractivity contribution in [1.82, 2.24) is 4.90 Å². The summed E-state index contributed by atoms with van der Waals surface area (Å²) in [5.74, 6) is 1.42. The van der Waals surface area contributed by atoms with Crippen molar-refractivity contribution in [2.24, 2.45) is 0 Å². The Morgan fingerprint density at radius 1 is 1.19 bits per heavy atom. The molecule has 2 heterocycles. The summed E-state index contributed by atoms with van der Waals surface area (Å²) in [5.41, 5.74) is 1.56. The molecule has 0 spiro atoms. The first-order chi connectivity index (χ1) is 14.9. The molecule has 8 nitrogen and oxygen atoms in total. The third-order valence-corrected chi connectivity index (χ3v) is 5.87. The highest BCUT2D eigenvalue weighted by atomic mass is 16.5. The monoisotopic (exact) mass is 425 g/mol. The van der Waals surface area contributed by atoms with Gasteiger partial charge in [-0.2, -0.15) is 0 Å². The van der Waals surface area contributed by atoms with Crippen molar-refractivity contribution in [3.05, 3.63) is 67.0 Å². The van der Waals surface area contributed by atoms with Crippen molar-refractivity contribution in [2.45, 2.75) is 39.2 Å². The number of furan rings is 1. The molecule has 164 valence electrons. The maximum Gasteiger partial charge on any atom is 0.256 e. The number of aryl methyl sites for hydroxylation is 1. The largest absolute Gasteiger partial charge is 0.464 e. The van der Waals surface area contributed by atoms with E-state index in [2.05, 4.69) is 10.6 Å². The van der Waals surface area contributed by atoms with E-state index in [9.17, 15) is 14.4 Å². The second-order valence-corrected chi connectivity index (χ2v) is 7.94. The zero-order chi connectivity index (χ0) is 22.1. The van der Waals surface area contributed by atoms with Crippen LogP contribution in [0.25, 0.3) is 0 Å². The molecule has 8 heteroatoms. The van der Waals surface area contributed by atoms with Gasteiger partial charge in [0, 0.05) is 25.9 Å². The molecule has 1 amide bonds. The molecule has 1 aromatic carbocycles. The van der Waals surface area contributed by atoms with Crippen molar-refractivity contribution in [1.29, 1.82) is 0 Å². The van der Waals surface area contributed by atoms with E-state index in [1.54, 1.807) is 12.0 Å². The van der Waals surface area contributed by atoms with Crippen molar-refractivity contribution in [3.63, 3.8) is 0 Å². The topological polar surface area (TPSA) is 101 Å². The van der Waals surface area contributed by atoms with E-state index >= 15 is 0 Å². The summed E-state index contributed by atoms with van der Waals surface area (Å²) in [6.07, 6.45) is 4.18. The summed E-state index contributed by atoms with van der Waals surface area (Å²) >= 11 is 0. The van der Waals surface area contributed by atoms with E-state index in [4.69, 9.17) is 9.15 Å². The minimum atomic E-state index is -0.580. The quantitative estimate of drug-likeness (QED) is 0.596. The molecule has 0 fully saturated rings. The molecule has 1 aliphatic heterocycles. The van der Waals surface area contributed by atoms with Gasteiger partial charge in [0.15, 0.2) is 0 Å². The van der Waals surface area contributed by atoms with Gasteiger partial charge in [-0.1, -0.05) is 13.0 Å². The second kappa shape index (κ2) is 8.55. The molecule has 2 aromatic rings. The normalized spacial score (nSPS) is 17.2. The average Bonchev–Trinajstić information content (AvgIpc) is 3.35. The standard InChI is InChI=1S/C23H27N3O5/c1-4-15(17-9-8-13(2)31-17)24-19-20(22(28)21(19)27)25-16-7-5-6-14-12-26(10-11-30-3)23(29)18(14)16/h7-9,15,24-25H,4-6,10-12H2,1-3H3. The van der Waals surface area contributed by atoms with Crippen LogP contribution in [0.2, 0.25) is 0 Å². The van der Waals surface area contributed by atoms with Crippen LogP contribution in [0.4, 0.5) is 11.4 Å². The lowest BCUT2D eigenvalue weighted by molar-refractivity contribution is -0.125. The molecular formula is C23H27N3O5. The lowest BCUT2D eigenvalue weighted by Crippen LogP contribution is -2.38. The highest BCUT2D eigenvalue weighted by Crippen LogP contribution is 2.34. The maximum atomic E-state index is 12.9. The molecular weight excluding hydrogens is 398 g/mol. The summed E-state index contributed by atoms with van der Waals surface area (Å²) in [6, 6.07) is 3.50. The number of nitrogens with zero attached hydrogens (tertiary/aromatic N) is 1. The van der Waals surface area contributed by atoms with Crippen molar-refractivity contribution < 1.29 is 13.9 Å². The number of rotatable bonds is 9. The Balaban J connectivity index is 1.55. The minimum Gasteiger partial charge on any atom is -0.464 e. The van der Waals surface area contributed by atoms with Gasteiger partial charge in [0.25, 0.3) is 16.8 Å². The van der Waals surface area contributed by atoms with E-state index in [0.717, 1.165) is 24.2 Å². The number of anilines is 2. The Hall–Kier alpha value is -3.13. The van der Waals surface area contributed by atoms with E-state index in [-0.39, 0.29) is 23.3 Å². The second-order valence-electron chi connectivity index (χ2n) is 7.94. The molecule has 0 saturated heterocycles. The molecule has 1 aromatic heterocycles. The van der Waals surface area contributed by atoms with Gasteiger partial charge in [0.1, 0.15) is 22.9 Å². The Morgan fingerprint density at radius 3 is 2.65 bits per heavy atom. The minimum absolute atomic E-state index is 0.0730. The number of methoxy groups -OCH3 is 1. The molecule has 1 aliphatic carbocycles. The summed E-state index contributed by atoms with van der Waals surface area (Å²) in [7, 11) is 1.61. The number of hydrogen-bond acceptors (Lipinski definition) is 7. The number of amides is 1. The van der Waals surface area contributed by atoms with Crippen LogP contribution in [0.3, 0.4) is 0 Å². The van der Waals surface area contributed by atoms with Gasteiger partial charge >= 0.3 is 0 Å². The van der Waals surface area contributed by atoms with Gasteiger partial charge in [-0.25, -0.2) is 0 Å². The van der Waals surface area contributed by atoms with Crippen molar-refractivity contribution >= 4 is 17.3 Å². The van der Waals surface area contributed by atoms with Crippen LogP contribution >= 0.6 is 0 Å². The third-order valence-electron chi connectivity index (χ3n) is 5.87. The van der Waals surface area contributed by atoms with Gasteiger partial charge in [-0.15, -0.1) is 0 Å². The van der Waals surface area contributed by atoms with E-state index in [0.29, 0.717) is 43.1 Å². The van der Waals surface area contributed by atoms with E-state index in [1.807, 2.05) is 32.1 Å². The summed E-state index contributed by atoms with van der Waals surface area (Å²) in [6.45, 7) is 5.39. The molecule has 2 N–H and O–H groups in total. The summed E-state index contributed by atoms with van der Waals surface area (Å²) in [4.78, 5) is 39.3. The Labute approximate surface area is 180 Å². The van der Waals surface area contributed by atoms with Crippen LogP contribution in [-0.4, -0.2) is 37.6 Å². The van der Waals surface area contributed by atoms with Gasteiger partial charge in [-0.05, 0) is 43.9 Å². The molecule has 4 rings (SSSR count). The summed E-state index contributed by atoms with van der Waals surface area (Å²) < 4.78 is 10.8. The van der Waals surface area contributed by atoms with Gasteiger partial charge in [-0.3, -0.25) is 14.4 Å². The molecule has 2 aliphatic rings. The Kier molecular flexibility index (Phi) is 5.82. The lowest BCUT2D eigenvalue weighted by Gasteiger charge is -2.22. The van der Waals surface area contributed by atoms with Gasteiger partial charge in [0.05, 0.1) is 18.2 Å². The fourth-order valence-electron chi connectivity index (χ4n) is 4.16. The number of carbonyl (C=O) groups excluding carboxylic acids is 1. The fourth-order valence-corrected chi connectivity index (χ4v) is 4.16. The highest BCUT2D eigenvalue weighted by Gasteiger charge is 2.35. The molecule has 31 heavy (non-hydrogen) atoms. The number of nitrogens with one attached hydrogen (secondary N) is 2. The number of allylic oxidation sites excluding steroid dienone is 1. The zero-order valence-corrected chi connectivity index (χ0v) is 18.0. The third kappa shape index (κ3) is 3.83. The Bertz CT molecular complexity index is 1130.